The van der Waals surface area contributed by atoms with Crippen molar-refractivity contribution in [2.45, 2.75) is 30.2 Å². The number of hydrogen-bond acceptors (Lipinski definition) is 7. The molecule has 2 aliphatic rings. The first-order valence-corrected chi connectivity index (χ1v) is 12.7. The molecule has 4 rings (SSSR count). The second-order valence-corrected chi connectivity index (χ2v) is 10.2. The maximum absolute atomic E-state index is 12.8. The summed E-state index contributed by atoms with van der Waals surface area (Å²) in [4.78, 5) is 15.2. The number of nitrogens with zero attached hydrogens (tertiary/aromatic N) is 2. The first kappa shape index (κ1) is 23.1. The minimum Gasteiger partial charge on any atom is -0.468 e. The first-order chi connectivity index (χ1) is 15.6. The van der Waals surface area contributed by atoms with Gasteiger partial charge in [0.15, 0.2) is 5.78 Å². The van der Waals surface area contributed by atoms with Gasteiger partial charge in [-0.1, -0.05) is 18.6 Å². The van der Waals surface area contributed by atoms with E-state index in [0.717, 1.165) is 38.1 Å². The van der Waals surface area contributed by atoms with Gasteiger partial charge in [-0.05, 0) is 37.1 Å². The van der Waals surface area contributed by atoms with Gasteiger partial charge in [0.25, 0.3) is 0 Å². The molecule has 1 atom stereocenters. The number of furan rings is 1. The molecule has 1 unspecified atom stereocenters. The van der Waals surface area contributed by atoms with Crippen LogP contribution in [0.25, 0.3) is 0 Å². The van der Waals surface area contributed by atoms with E-state index >= 15 is 0 Å². The number of morpholine rings is 1. The largest absolute Gasteiger partial charge is 0.468 e. The molecule has 1 aromatic heterocycles. The summed E-state index contributed by atoms with van der Waals surface area (Å²) < 4.78 is 38.2. The molecule has 0 aliphatic carbocycles. The predicted octanol–water partition coefficient (Wildman–Crippen LogP) is 2.30. The lowest BCUT2D eigenvalue weighted by molar-refractivity contribution is 0.0118. The molecule has 0 amide bonds. The molecule has 0 bridgehead atoms. The summed E-state index contributed by atoms with van der Waals surface area (Å²) in [7, 11) is -3.49. The summed E-state index contributed by atoms with van der Waals surface area (Å²) in [6.45, 7) is 4.85. The van der Waals surface area contributed by atoms with Crippen LogP contribution < -0.4 is 5.32 Å². The van der Waals surface area contributed by atoms with E-state index in [9.17, 15) is 13.2 Å². The van der Waals surface area contributed by atoms with Crippen LogP contribution in [0.2, 0.25) is 0 Å². The van der Waals surface area contributed by atoms with Crippen LogP contribution in [-0.4, -0.2) is 75.9 Å². The number of benzene rings is 1. The van der Waals surface area contributed by atoms with E-state index in [1.807, 2.05) is 12.1 Å². The number of nitrogens with one attached hydrogen (secondary N) is 1. The van der Waals surface area contributed by atoms with Crippen LogP contribution in [0.1, 0.15) is 41.4 Å². The standard InChI is InChI=1S/C23H31N3O5S/c27-22(18-24-17-21(23-5-4-14-31-23)25-12-15-30-16-13-25)19-6-8-20(9-7-19)32(28,29)26-10-2-1-3-11-26/h4-9,14,21,24H,1-3,10-13,15-18H2. The Balaban J connectivity index is 1.34. The zero-order valence-electron chi connectivity index (χ0n) is 18.2. The highest BCUT2D eigenvalue weighted by Gasteiger charge is 2.27. The maximum Gasteiger partial charge on any atom is 0.243 e. The van der Waals surface area contributed by atoms with Crippen molar-refractivity contribution in [3.63, 3.8) is 0 Å². The number of ketones is 1. The third-order valence-electron chi connectivity index (χ3n) is 6.11. The SMILES string of the molecule is O=C(CNCC(c1ccco1)N1CCOCC1)c1ccc(S(=O)(=O)N2CCCCC2)cc1. The Morgan fingerprint density at radius 3 is 2.38 bits per heavy atom. The van der Waals surface area contributed by atoms with Gasteiger partial charge in [-0.25, -0.2) is 8.42 Å². The Bertz CT molecular complexity index is 964. The van der Waals surface area contributed by atoms with Crippen molar-refractivity contribution in [2.75, 3.05) is 52.5 Å². The highest BCUT2D eigenvalue weighted by atomic mass is 32.2. The van der Waals surface area contributed by atoms with Gasteiger partial charge in [0.05, 0.1) is 37.0 Å². The van der Waals surface area contributed by atoms with Crippen LogP contribution in [0.3, 0.4) is 0 Å². The van der Waals surface area contributed by atoms with Crippen molar-refractivity contribution >= 4 is 15.8 Å². The summed E-state index contributed by atoms with van der Waals surface area (Å²) in [5.41, 5.74) is 0.496. The minimum atomic E-state index is -3.49. The fourth-order valence-corrected chi connectivity index (χ4v) is 5.79. The zero-order valence-corrected chi connectivity index (χ0v) is 19.1. The van der Waals surface area contributed by atoms with Gasteiger partial charge in [-0.3, -0.25) is 9.69 Å². The molecule has 0 saturated carbocycles. The number of carbonyl (C=O) groups is 1. The number of ether oxygens (including phenoxy) is 1. The minimum absolute atomic E-state index is 0.0266. The van der Waals surface area contributed by atoms with Gasteiger partial charge in [-0.2, -0.15) is 4.31 Å². The number of rotatable bonds is 9. The Morgan fingerprint density at radius 2 is 1.72 bits per heavy atom. The Hall–Kier alpha value is -2.04. The molecular formula is C23H31N3O5S. The van der Waals surface area contributed by atoms with Crippen molar-refractivity contribution in [1.29, 1.82) is 0 Å². The average Bonchev–Trinajstić information content (AvgIpc) is 3.37. The first-order valence-electron chi connectivity index (χ1n) is 11.2. The third-order valence-corrected chi connectivity index (χ3v) is 8.02. The third kappa shape index (κ3) is 5.47. The van der Waals surface area contributed by atoms with E-state index in [0.29, 0.717) is 38.4 Å². The monoisotopic (exact) mass is 461 g/mol. The normalized spacial score (nSPS) is 19.6. The van der Waals surface area contributed by atoms with E-state index in [4.69, 9.17) is 9.15 Å². The quantitative estimate of drug-likeness (QED) is 0.573. The number of sulfonamides is 1. The smallest absolute Gasteiger partial charge is 0.243 e. The van der Waals surface area contributed by atoms with E-state index in [1.54, 1.807) is 18.4 Å². The van der Waals surface area contributed by atoms with Crippen LogP contribution >= 0.6 is 0 Å². The van der Waals surface area contributed by atoms with Crippen molar-refractivity contribution < 1.29 is 22.4 Å². The second-order valence-electron chi connectivity index (χ2n) is 8.22. The predicted molar refractivity (Wildman–Crippen MR) is 120 cm³/mol. The number of piperidine rings is 1. The molecule has 2 fully saturated rings. The Morgan fingerprint density at radius 1 is 1.00 bits per heavy atom. The molecule has 2 saturated heterocycles. The number of Topliss-reactive ketones (excluding diaryl/α,β-unsaturated/α-hetero) is 1. The average molecular weight is 462 g/mol. The molecule has 8 nitrogen and oxygen atoms in total. The summed E-state index contributed by atoms with van der Waals surface area (Å²) in [6.07, 6.45) is 4.52. The van der Waals surface area contributed by atoms with E-state index in [-0.39, 0.29) is 23.3 Å². The summed E-state index contributed by atoms with van der Waals surface area (Å²) in [5.74, 6) is 0.784. The number of hydrogen-bond donors (Lipinski definition) is 1. The van der Waals surface area contributed by atoms with Gasteiger partial charge in [-0.15, -0.1) is 0 Å². The Kier molecular flexibility index (Phi) is 7.75. The zero-order chi connectivity index (χ0) is 22.4. The molecule has 3 heterocycles. The highest BCUT2D eigenvalue weighted by molar-refractivity contribution is 7.89. The van der Waals surface area contributed by atoms with Crippen molar-refractivity contribution in [3.8, 4) is 0 Å². The molecular weight excluding hydrogens is 430 g/mol. The molecule has 9 heteroatoms. The molecule has 1 aromatic carbocycles. The molecule has 32 heavy (non-hydrogen) atoms. The summed E-state index contributed by atoms with van der Waals surface area (Å²) in [6, 6.07) is 10.1. The Labute approximate surface area is 189 Å². The summed E-state index contributed by atoms with van der Waals surface area (Å²) >= 11 is 0. The van der Waals surface area contributed by atoms with Crippen LogP contribution in [-0.2, 0) is 14.8 Å². The topological polar surface area (TPSA) is 92.1 Å². The lowest BCUT2D eigenvalue weighted by Crippen LogP contribution is -2.43. The highest BCUT2D eigenvalue weighted by Crippen LogP contribution is 2.22. The van der Waals surface area contributed by atoms with E-state index in [1.165, 1.54) is 16.4 Å². The molecule has 1 N–H and O–H groups in total. The van der Waals surface area contributed by atoms with Gasteiger partial charge in [0.2, 0.25) is 10.0 Å². The second kappa shape index (κ2) is 10.7. The van der Waals surface area contributed by atoms with E-state index in [2.05, 4.69) is 10.2 Å². The fraction of sp³-hybridized carbons (Fsp3) is 0.522. The van der Waals surface area contributed by atoms with Crippen LogP contribution in [0.15, 0.2) is 52.0 Å². The fourth-order valence-electron chi connectivity index (χ4n) is 4.27. The van der Waals surface area contributed by atoms with Gasteiger partial charge in [0.1, 0.15) is 5.76 Å². The molecule has 174 valence electrons. The van der Waals surface area contributed by atoms with E-state index < -0.39 is 10.0 Å². The van der Waals surface area contributed by atoms with Crippen LogP contribution in [0.4, 0.5) is 0 Å². The van der Waals surface area contributed by atoms with Crippen molar-refractivity contribution in [2.24, 2.45) is 0 Å². The lowest BCUT2D eigenvalue weighted by Gasteiger charge is -2.33. The van der Waals surface area contributed by atoms with Crippen LogP contribution in [0.5, 0.6) is 0 Å². The summed E-state index contributed by atoms with van der Waals surface area (Å²) in [5, 5.41) is 3.25. The van der Waals surface area contributed by atoms with Gasteiger partial charge in [0, 0.05) is 38.3 Å². The van der Waals surface area contributed by atoms with Crippen LogP contribution in [0, 0.1) is 0 Å². The maximum atomic E-state index is 12.8. The molecule has 2 aromatic rings. The van der Waals surface area contributed by atoms with Crippen molar-refractivity contribution in [1.82, 2.24) is 14.5 Å². The lowest BCUT2D eigenvalue weighted by atomic mass is 10.1. The molecule has 2 aliphatic heterocycles. The molecule has 0 radical (unpaired) electrons. The molecule has 0 spiro atoms. The van der Waals surface area contributed by atoms with Gasteiger partial charge < -0.3 is 14.5 Å². The van der Waals surface area contributed by atoms with Crippen molar-refractivity contribution in [3.05, 3.63) is 54.0 Å². The van der Waals surface area contributed by atoms with Gasteiger partial charge >= 0.3 is 0 Å². The number of carbonyl (C=O) groups excluding carboxylic acids is 1.